The molecule has 47 heavy (non-hydrogen) atoms. The molecule has 2 N–H and O–H groups in total. The summed E-state index contributed by atoms with van der Waals surface area (Å²) in [6.07, 6.45) is 4.95. The number of nitrogens with zero attached hydrogens (tertiary/aromatic N) is 8. The highest BCUT2D eigenvalue weighted by Gasteiger charge is 2.45. The summed E-state index contributed by atoms with van der Waals surface area (Å²) in [7, 11) is 0. The summed E-state index contributed by atoms with van der Waals surface area (Å²) in [5, 5.41) is 9.97. The minimum Gasteiger partial charge on any atom is -0.461 e. The van der Waals surface area contributed by atoms with Gasteiger partial charge in [-0.15, -0.1) is 0 Å². The van der Waals surface area contributed by atoms with Crippen LogP contribution in [-0.2, 0) is 0 Å². The van der Waals surface area contributed by atoms with E-state index >= 15 is 4.39 Å². The molecule has 4 aliphatic heterocycles. The molecule has 0 aliphatic carbocycles. The van der Waals surface area contributed by atoms with Gasteiger partial charge >= 0.3 is 12.0 Å². The SMILES string of the molecule is N#C[C@@H]1CCN1C(=O)N1CCN(c2nc(OCC34CCCN3CCC4)nc3c(F)c(-c4ccc(F)c5sc(N)nc45)c(Cl)cc23)CC1. The topological polar surface area (TPSA) is 128 Å². The van der Waals surface area contributed by atoms with Crippen LogP contribution >= 0.6 is 22.9 Å². The summed E-state index contributed by atoms with van der Waals surface area (Å²) in [6.45, 7) is 4.70. The monoisotopic (exact) mass is 679 g/mol. The van der Waals surface area contributed by atoms with Gasteiger partial charge in [0.05, 0.1) is 26.8 Å². The molecule has 11 nitrogen and oxygen atoms in total. The minimum absolute atomic E-state index is 0.0215. The van der Waals surface area contributed by atoms with Gasteiger partial charge in [0, 0.05) is 49.2 Å². The number of carbonyl (C=O) groups is 1. The summed E-state index contributed by atoms with van der Waals surface area (Å²) in [5.74, 6) is -0.744. The summed E-state index contributed by atoms with van der Waals surface area (Å²) in [4.78, 5) is 34.6. The van der Waals surface area contributed by atoms with Crippen molar-refractivity contribution in [2.75, 3.05) is 63.1 Å². The Morgan fingerprint density at radius 3 is 2.55 bits per heavy atom. The fraction of sp³-hybridized carbons (Fsp3) is 0.469. The number of hydrogen-bond acceptors (Lipinski definition) is 10. The number of hydrogen-bond donors (Lipinski definition) is 1. The van der Waals surface area contributed by atoms with Gasteiger partial charge in [-0.2, -0.15) is 15.2 Å². The van der Waals surface area contributed by atoms with E-state index in [0.717, 1.165) is 50.1 Å². The fourth-order valence-corrected chi connectivity index (χ4v) is 8.67. The molecule has 4 aliphatic rings. The van der Waals surface area contributed by atoms with Crippen molar-refractivity contribution < 1.29 is 18.3 Å². The predicted octanol–water partition coefficient (Wildman–Crippen LogP) is 5.27. The Balaban J connectivity index is 1.18. The first-order valence-corrected chi connectivity index (χ1v) is 17.1. The smallest absolute Gasteiger partial charge is 0.321 e. The lowest BCUT2D eigenvalue weighted by atomic mass is 9.95. The van der Waals surface area contributed by atoms with Crippen molar-refractivity contribution in [1.29, 1.82) is 5.26 Å². The Bertz CT molecular complexity index is 1950. The Labute approximate surface area is 278 Å². The molecule has 8 rings (SSSR count). The van der Waals surface area contributed by atoms with E-state index in [1.54, 1.807) is 15.9 Å². The maximum absolute atomic E-state index is 16.8. The van der Waals surface area contributed by atoms with Crippen LogP contribution in [0.3, 0.4) is 0 Å². The Kier molecular flexibility index (Phi) is 7.46. The van der Waals surface area contributed by atoms with Crippen LogP contribution in [0, 0.1) is 23.0 Å². The number of fused-ring (bicyclic) bond motifs is 3. The van der Waals surface area contributed by atoms with E-state index in [2.05, 4.69) is 20.9 Å². The van der Waals surface area contributed by atoms with Crippen LogP contribution in [0.25, 0.3) is 32.2 Å². The number of anilines is 2. The average molecular weight is 680 g/mol. The van der Waals surface area contributed by atoms with Gasteiger partial charge in [-0.3, -0.25) is 4.90 Å². The lowest BCUT2D eigenvalue weighted by Gasteiger charge is -2.43. The number of halogens is 3. The lowest BCUT2D eigenvalue weighted by molar-refractivity contribution is 0.103. The van der Waals surface area contributed by atoms with Crippen molar-refractivity contribution in [3.05, 3.63) is 34.9 Å². The number of ether oxygens (including phenoxy) is 1. The number of nitrogen functional groups attached to an aromatic ring is 1. The lowest BCUT2D eigenvalue weighted by Crippen LogP contribution is -2.59. The third-order valence-corrected chi connectivity index (χ3v) is 11.4. The van der Waals surface area contributed by atoms with Crippen LogP contribution in [-0.4, -0.2) is 99.7 Å². The molecular formula is C32H32ClF2N9O2S. The highest BCUT2D eigenvalue weighted by atomic mass is 35.5. The van der Waals surface area contributed by atoms with Gasteiger partial charge in [0.25, 0.3) is 0 Å². The highest BCUT2D eigenvalue weighted by Crippen LogP contribution is 2.43. The van der Waals surface area contributed by atoms with Crippen molar-refractivity contribution in [3.8, 4) is 23.2 Å². The normalized spacial score (nSPS) is 20.9. The van der Waals surface area contributed by atoms with E-state index in [1.165, 1.54) is 12.1 Å². The number of aromatic nitrogens is 3. The molecule has 0 spiro atoms. The van der Waals surface area contributed by atoms with Crippen LogP contribution in [0.1, 0.15) is 32.1 Å². The van der Waals surface area contributed by atoms with Crippen molar-refractivity contribution in [2.24, 2.45) is 0 Å². The maximum Gasteiger partial charge on any atom is 0.321 e. The van der Waals surface area contributed by atoms with Gasteiger partial charge in [-0.25, -0.2) is 18.6 Å². The van der Waals surface area contributed by atoms with Gasteiger partial charge in [-0.05, 0) is 63.4 Å². The third kappa shape index (κ3) is 4.98. The minimum atomic E-state index is -0.698. The van der Waals surface area contributed by atoms with E-state index in [4.69, 9.17) is 27.1 Å². The second kappa shape index (κ2) is 11.6. The van der Waals surface area contributed by atoms with Crippen molar-refractivity contribution >= 4 is 61.0 Å². The molecule has 0 bridgehead atoms. The van der Waals surface area contributed by atoms with Crippen molar-refractivity contribution in [3.63, 3.8) is 0 Å². The Morgan fingerprint density at radius 2 is 1.85 bits per heavy atom. The average Bonchev–Trinajstić information content (AvgIpc) is 3.75. The molecule has 4 aromatic rings. The van der Waals surface area contributed by atoms with E-state index < -0.39 is 11.6 Å². The number of likely N-dealkylation sites (tertiary alicyclic amines) is 1. The van der Waals surface area contributed by atoms with Gasteiger partial charge in [0.1, 0.15) is 29.8 Å². The maximum atomic E-state index is 16.8. The van der Waals surface area contributed by atoms with E-state index in [9.17, 15) is 14.4 Å². The Hall–Kier alpha value is -4.06. The van der Waals surface area contributed by atoms with E-state index in [0.29, 0.717) is 62.5 Å². The number of carbonyl (C=O) groups excluding carboxylic acids is 1. The molecular weight excluding hydrogens is 648 g/mol. The molecule has 0 radical (unpaired) electrons. The number of piperazine rings is 1. The molecule has 2 aromatic carbocycles. The number of benzene rings is 2. The Morgan fingerprint density at radius 1 is 1.09 bits per heavy atom. The standard InChI is InChI=1S/C32H32ClF2N9O2S/c33-21-15-20-25(24(35)23(21)19-3-4-22(34)27-26(19)38-29(37)47-27)39-30(46-17-32-6-1-8-43(32)9-2-7-32)40-28(20)41-11-13-42(14-12-41)31(45)44-10-5-18(44)16-36/h3-4,15,18H,1-2,5-14,17H2,(H2,37,38)/t18-/m0/s1. The first kappa shape index (κ1) is 30.3. The second-order valence-electron chi connectivity index (χ2n) is 12.7. The quantitative estimate of drug-likeness (QED) is 0.300. The molecule has 0 unspecified atom stereocenters. The van der Waals surface area contributed by atoms with Gasteiger partial charge in [0.15, 0.2) is 10.9 Å². The van der Waals surface area contributed by atoms with Gasteiger partial charge < -0.3 is 25.2 Å². The molecule has 244 valence electrons. The van der Waals surface area contributed by atoms with E-state index in [1.807, 2.05) is 4.90 Å². The van der Waals surface area contributed by atoms with Crippen molar-refractivity contribution in [1.82, 2.24) is 29.7 Å². The molecule has 4 saturated heterocycles. The highest BCUT2D eigenvalue weighted by molar-refractivity contribution is 7.22. The zero-order chi connectivity index (χ0) is 32.4. The van der Waals surface area contributed by atoms with E-state index in [-0.39, 0.29) is 55.1 Å². The summed E-state index contributed by atoms with van der Waals surface area (Å²) in [5.41, 5.74) is 6.43. The first-order valence-electron chi connectivity index (χ1n) is 15.9. The molecule has 2 aromatic heterocycles. The molecule has 4 fully saturated rings. The largest absolute Gasteiger partial charge is 0.461 e. The molecule has 15 heteroatoms. The van der Waals surface area contributed by atoms with Crippen LogP contribution in [0.15, 0.2) is 18.2 Å². The summed E-state index contributed by atoms with van der Waals surface area (Å²) in [6, 6.07) is 6.03. The second-order valence-corrected chi connectivity index (χ2v) is 14.1. The van der Waals surface area contributed by atoms with Gasteiger partial charge in [0.2, 0.25) is 0 Å². The molecule has 1 atom stereocenters. The molecule has 2 amide bonds. The number of urea groups is 1. The van der Waals surface area contributed by atoms with Gasteiger partial charge in [-0.1, -0.05) is 22.9 Å². The number of nitrogens with two attached hydrogens (primary N) is 1. The van der Waals surface area contributed by atoms with Crippen LogP contribution in [0.4, 0.5) is 24.5 Å². The predicted molar refractivity (Wildman–Crippen MR) is 176 cm³/mol. The summed E-state index contributed by atoms with van der Waals surface area (Å²) < 4.78 is 38.0. The van der Waals surface area contributed by atoms with Crippen LogP contribution in [0.5, 0.6) is 6.01 Å². The number of amides is 2. The first-order chi connectivity index (χ1) is 22.8. The fourth-order valence-electron chi connectivity index (χ4n) is 7.61. The zero-order valence-electron chi connectivity index (χ0n) is 25.5. The number of thiazole rings is 1. The van der Waals surface area contributed by atoms with Crippen molar-refractivity contribution in [2.45, 2.75) is 43.7 Å². The van der Waals surface area contributed by atoms with Crippen LogP contribution in [0.2, 0.25) is 5.02 Å². The third-order valence-electron chi connectivity index (χ3n) is 10.2. The summed E-state index contributed by atoms with van der Waals surface area (Å²) >= 11 is 7.80. The molecule has 6 heterocycles. The van der Waals surface area contributed by atoms with Crippen LogP contribution < -0.4 is 15.4 Å². The number of nitriles is 1. The zero-order valence-corrected chi connectivity index (χ0v) is 27.1. The number of rotatable bonds is 5. The molecule has 0 saturated carbocycles.